The molecule has 0 aromatic heterocycles. The monoisotopic (exact) mass is 606 g/mol. The Morgan fingerprint density at radius 3 is 0.837 bits per heavy atom. The first-order valence-electron chi connectivity index (χ1n) is 19.9. The normalized spacial score (nSPS) is 11.5. The highest BCUT2D eigenvalue weighted by atomic mass is 16.7. The van der Waals surface area contributed by atoms with Gasteiger partial charge in [0.15, 0.2) is 6.29 Å². The molecule has 0 aliphatic heterocycles. The maximum atomic E-state index is 8.99. The van der Waals surface area contributed by atoms with E-state index < -0.39 is 0 Å². The van der Waals surface area contributed by atoms with Gasteiger partial charge in [-0.3, -0.25) is 0 Å². The van der Waals surface area contributed by atoms with Crippen molar-refractivity contribution in [3.05, 3.63) is 0 Å². The van der Waals surface area contributed by atoms with E-state index in [9.17, 15) is 0 Å². The summed E-state index contributed by atoms with van der Waals surface area (Å²) < 4.78 is 12.0. The lowest BCUT2D eigenvalue weighted by Crippen LogP contribution is -2.18. The largest absolute Gasteiger partial charge is 0.353 e. The zero-order valence-electron chi connectivity index (χ0n) is 29.8. The molecule has 0 aromatic rings. The highest BCUT2D eigenvalue weighted by Gasteiger charge is 2.09. The van der Waals surface area contributed by atoms with Crippen molar-refractivity contribution in [1.82, 2.24) is 0 Å². The Hall–Kier alpha value is -0.590. The summed E-state index contributed by atoms with van der Waals surface area (Å²) in [4.78, 5) is 0. The van der Waals surface area contributed by atoms with Crippen LogP contribution in [0.3, 0.4) is 0 Å². The van der Waals surface area contributed by atoms with E-state index in [1.807, 2.05) is 0 Å². The van der Waals surface area contributed by atoms with Crippen LogP contribution >= 0.6 is 0 Å². The van der Waals surface area contributed by atoms with Crippen LogP contribution in [0.25, 0.3) is 0 Å². The topological polar surface area (TPSA) is 42.2 Å². The first kappa shape index (κ1) is 42.4. The smallest absolute Gasteiger partial charge is 0.158 e. The second-order valence-corrected chi connectivity index (χ2v) is 13.5. The Morgan fingerprint density at radius 1 is 0.372 bits per heavy atom. The molecular weight excluding hydrogens is 526 g/mol. The van der Waals surface area contributed by atoms with E-state index in [2.05, 4.69) is 19.9 Å². The molecule has 43 heavy (non-hydrogen) atoms. The SMILES string of the molecule is CCCCCCCCCCCCCCCCCCOC(CCC#N)OCCCCCCCCCCCCCCCCCC. The van der Waals surface area contributed by atoms with Crippen molar-refractivity contribution in [2.24, 2.45) is 0 Å². The van der Waals surface area contributed by atoms with Gasteiger partial charge in [-0.15, -0.1) is 0 Å². The minimum absolute atomic E-state index is 0.188. The third kappa shape index (κ3) is 37.5. The fraction of sp³-hybridized carbons (Fsp3) is 0.975. The van der Waals surface area contributed by atoms with E-state index >= 15 is 0 Å². The van der Waals surface area contributed by atoms with Gasteiger partial charge < -0.3 is 9.47 Å². The lowest BCUT2D eigenvalue weighted by atomic mass is 10.0. The zero-order valence-corrected chi connectivity index (χ0v) is 29.8. The van der Waals surface area contributed by atoms with Gasteiger partial charge in [0.2, 0.25) is 0 Å². The van der Waals surface area contributed by atoms with E-state index in [1.54, 1.807) is 0 Å². The number of ether oxygens (including phenoxy) is 2. The average molecular weight is 606 g/mol. The molecule has 0 aromatic carbocycles. The quantitative estimate of drug-likeness (QED) is 0.0519. The Kier molecular flexibility index (Phi) is 38.9. The summed E-state index contributed by atoms with van der Waals surface area (Å²) in [5, 5.41) is 8.99. The molecule has 3 nitrogen and oxygen atoms in total. The molecule has 0 saturated heterocycles. The van der Waals surface area contributed by atoms with Crippen LogP contribution in [-0.4, -0.2) is 19.5 Å². The van der Waals surface area contributed by atoms with Crippen molar-refractivity contribution in [2.75, 3.05) is 13.2 Å². The Balaban J connectivity index is 3.44. The van der Waals surface area contributed by atoms with Gasteiger partial charge in [0, 0.05) is 26.1 Å². The molecule has 0 unspecified atom stereocenters. The first-order chi connectivity index (χ1) is 21.3. The molecule has 0 saturated carbocycles. The molecule has 0 heterocycles. The molecule has 256 valence electrons. The van der Waals surface area contributed by atoms with Gasteiger partial charge in [-0.25, -0.2) is 0 Å². The van der Waals surface area contributed by atoms with E-state index in [-0.39, 0.29) is 6.29 Å². The summed E-state index contributed by atoms with van der Waals surface area (Å²) in [6.07, 6.45) is 45.4. The molecule has 3 heteroatoms. The molecule has 0 atom stereocenters. The molecule has 0 N–H and O–H groups in total. The van der Waals surface area contributed by atoms with Crippen molar-refractivity contribution in [1.29, 1.82) is 5.26 Å². The number of hydrogen-bond donors (Lipinski definition) is 0. The molecule has 0 rings (SSSR count). The van der Waals surface area contributed by atoms with Crippen LogP contribution in [0, 0.1) is 11.3 Å². The van der Waals surface area contributed by atoms with Gasteiger partial charge in [-0.05, 0) is 12.8 Å². The van der Waals surface area contributed by atoms with E-state index in [0.29, 0.717) is 12.8 Å². The van der Waals surface area contributed by atoms with Gasteiger partial charge in [-0.1, -0.05) is 206 Å². The molecule has 0 bridgehead atoms. The second kappa shape index (κ2) is 39.4. The number of rotatable bonds is 38. The molecule has 0 amide bonds. The van der Waals surface area contributed by atoms with Crippen LogP contribution in [0.2, 0.25) is 0 Å². The van der Waals surface area contributed by atoms with Crippen LogP contribution in [0.5, 0.6) is 0 Å². The molecule has 0 fully saturated rings. The molecule has 0 spiro atoms. The second-order valence-electron chi connectivity index (χ2n) is 13.5. The highest BCUT2D eigenvalue weighted by Crippen LogP contribution is 2.16. The molecule has 0 aliphatic rings. The van der Waals surface area contributed by atoms with Crippen LogP contribution in [0.4, 0.5) is 0 Å². The molecular formula is C40H79NO2. The number of nitrogens with zero attached hydrogens (tertiary/aromatic N) is 1. The maximum Gasteiger partial charge on any atom is 0.158 e. The van der Waals surface area contributed by atoms with Crippen LogP contribution in [0.15, 0.2) is 0 Å². The third-order valence-corrected chi connectivity index (χ3v) is 9.10. The Labute approximate surface area is 272 Å². The number of hydrogen-bond acceptors (Lipinski definition) is 3. The summed E-state index contributed by atoms with van der Waals surface area (Å²) in [6, 6.07) is 2.25. The predicted molar refractivity (Wildman–Crippen MR) is 190 cm³/mol. The van der Waals surface area contributed by atoms with E-state index in [0.717, 1.165) is 26.1 Å². The number of unbranched alkanes of at least 4 members (excludes halogenated alkanes) is 30. The van der Waals surface area contributed by atoms with Crippen LogP contribution in [-0.2, 0) is 9.47 Å². The summed E-state index contributed by atoms with van der Waals surface area (Å²) in [6.45, 7) is 6.13. The maximum absolute atomic E-state index is 8.99. The molecule has 0 aliphatic carbocycles. The Bertz CT molecular complexity index is 493. The van der Waals surface area contributed by atoms with Crippen LogP contribution in [0.1, 0.15) is 232 Å². The van der Waals surface area contributed by atoms with Gasteiger partial charge in [0.25, 0.3) is 0 Å². The minimum Gasteiger partial charge on any atom is -0.353 e. The minimum atomic E-state index is -0.188. The standard InChI is InChI=1S/C40H79NO2/c1-3-5-7-9-11-13-15-17-19-21-23-25-27-29-31-33-38-42-40(36-35-37-41)43-39-34-32-30-28-26-24-22-20-18-16-14-12-10-8-6-4-2/h40H,3-36,38-39H2,1-2H3. The lowest BCUT2D eigenvalue weighted by molar-refractivity contribution is -0.146. The first-order valence-corrected chi connectivity index (χ1v) is 19.9. The zero-order chi connectivity index (χ0) is 31.2. The number of nitriles is 1. The van der Waals surface area contributed by atoms with Crippen molar-refractivity contribution in [2.45, 2.75) is 238 Å². The highest BCUT2D eigenvalue weighted by molar-refractivity contribution is 4.69. The summed E-state index contributed by atoms with van der Waals surface area (Å²) in [5.74, 6) is 0. The van der Waals surface area contributed by atoms with E-state index in [1.165, 1.54) is 193 Å². The van der Waals surface area contributed by atoms with Crippen molar-refractivity contribution in [3.8, 4) is 6.07 Å². The summed E-state index contributed by atoms with van der Waals surface area (Å²) in [5.41, 5.74) is 0. The summed E-state index contributed by atoms with van der Waals surface area (Å²) in [7, 11) is 0. The molecule has 0 radical (unpaired) electrons. The van der Waals surface area contributed by atoms with Gasteiger partial charge in [0.05, 0.1) is 6.07 Å². The fourth-order valence-electron chi connectivity index (χ4n) is 6.13. The van der Waals surface area contributed by atoms with E-state index in [4.69, 9.17) is 14.7 Å². The van der Waals surface area contributed by atoms with Crippen molar-refractivity contribution < 1.29 is 9.47 Å². The lowest BCUT2D eigenvalue weighted by Gasteiger charge is -2.17. The van der Waals surface area contributed by atoms with Crippen molar-refractivity contribution >= 4 is 0 Å². The van der Waals surface area contributed by atoms with Gasteiger partial charge in [-0.2, -0.15) is 5.26 Å². The third-order valence-electron chi connectivity index (χ3n) is 9.10. The Morgan fingerprint density at radius 2 is 0.605 bits per heavy atom. The van der Waals surface area contributed by atoms with Crippen molar-refractivity contribution in [3.63, 3.8) is 0 Å². The van der Waals surface area contributed by atoms with Gasteiger partial charge >= 0.3 is 0 Å². The van der Waals surface area contributed by atoms with Gasteiger partial charge in [0.1, 0.15) is 0 Å². The average Bonchev–Trinajstić information content (AvgIpc) is 3.02. The van der Waals surface area contributed by atoms with Crippen LogP contribution < -0.4 is 0 Å². The fourth-order valence-corrected chi connectivity index (χ4v) is 6.13. The summed E-state index contributed by atoms with van der Waals surface area (Å²) >= 11 is 0. The predicted octanol–water partition coefficient (Wildman–Crippen LogP) is 14.2.